The minimum Gasteiger partial charge on any atom is -0.508 e. The molecule has 0 bridgehead atoms. The second-order valence-corrected chi connectivity index (χ2v) is 2.94. The van der Waals surface area contributed by atoms with E-state index < -0.39 is 4.92 Å². The molecule has 16 heavy (non-hydrogen) atoms. The quantitative estimate of drug-likeness (QED) is 0.469. The van der Waals surface area contributed by atoms with E-state index in [4.69, 9.17) is 9.47 Å². The third-order valence-corrected chi connectivity index (χ3v) is 1.82. The van der Waals surface area contributed by atoms with Gasteiger partial charge in [0, 0.05) is 12.1 Å². The lowest BCUT2D eigenvalue weighted by atomic mass is 10.3. The number of methoxy groups -OCH3 is 1. The normalized spacial score (nSPS) is 9.56. The molecule has 1 N–H and O–H groups in total. The molecule has 1 aromatic rings. The largest absolute Gasteiger partial charge is 0.508 e. The second-order valence-electron chi connectivity index (χ2n) is 2.94. The molecule has 0 aliphatic heterocycles. The predicted molar refractivity (Wildman–Crippen MR) is 56.4 cm³/mol. The first kappa shape index (κ1) is 11.8. The van der Waals surface area contributed by atoms with Gasteiger partial charge in [0.1, 0.15) is 18.1 Å². The molecule has 0 unspecified atom stereocenters. The standard InChI is InChI=1S/C10H11NO5/c1-7(15-2)6-16-10-5-8(12)3-4-9(10)11(13)14/h3-5,12H,1,6H2,2H3. The Morgan fingerprint density at radius 3 is 2.88 bits per heavy atom. The molecule has 0 radical (unpaired) electrons. The molecule has 0 amide bonds. The number of nitro benzene ring substituents is 1. The van der Waals surface area contributed by atoms with Crippen LogP contribution >= 0.6 is 0 Å². The van der Waals surface area contributed by atoms with E-state index in [0.29, 0.717) is 5.76 Å². The number of phenolic OH excluding ortho intramolecular Hbond substituents is 1. The van der Waals surface area contributed by atoms with E-state index >= 15 is 0 Å². The number of phenols is 1. The molecule has 0 aliphatic carbocycles. The Morgan fingerprint density at radius 1 is 1.62 bits per heavy atom. The maximum absolute atomic E-state index is 10.6. The fourth-order valence-electron chi connectivity index (χ4n) is 0.986. The summed E-state index contributed by atoms with van der Waals surface area (Å²) < 4.78 is 9.86. The fraction of sp³-hybridized carbons (Fsp3) is 0.200. The van der Waals surface area contributed by atoms with Crippen LogP contribution in [-0.2, 0) is 4.74 Å². The molecule has 0 aromatic heterocycles. The lowest BCUT2D eigenvalue weighted by Crippen LogP contribution is -2.03. The molecule has 1 rings (SSSR count). The number of aromatic hydroxyl groups is 1. The van der Waals surface area contributed by atoms with Gasteiger partial charge in [0.25, 0.3) is 0 Å². The maximum atomic E-state index is 10.6. The molecule has 0 heterocycles. The van der Waals surface area contributed by atoms with Gasteiger partial charge in [-0.1, -0.05) is 6.58 Å². The molecular weight excluding hydrogens is 214 g/mol. The Kier molecular flexibility index (Phi) is 3.71. The third-order valence-electron chi connectivity index (χ3n) is 1.82. The zero-order chi connectivity index (χ0) is 12.1. The molecule has 6 heteroatoms. The monoisotopic (exact) mass is 225 g/mol. The van der Waals surface area contributed by atoms with Crippen LogP contribution in [0.1, 0.15) is 0 Å². The van der Waals surface area contributed by atoms with Crippen LogP contribution < -0.4 is 4.74 Å². The highest BCUT2D eigenvalue weighted by Gasteiger charge is 2.15. The number of nitro groups is 1. The zero-order valence-electron chi connectivity index (χ0n) is 8.67. The number of hydrogen-bond acceptors (Lipinski definition) is 5. The summed E-state index contributed by atoms with van der Waals surface area (Å²) in [6, 6.07) is 3.55. The van der Waals surface area contributed by atoms with E-state index in [9.17, 15) is 15.2 Å². The topological polar surface area (TPSA) is 81.8 Å². The Hall–Kier alpha value is -2.24. The van der Waals surface area contributed by atoms with Crippen molar-refractivity contribution in [3.63, 3.8) is 0 Å². The Balaban J connectivity index is 2.88. The van der Waals surface area contributed by atoms with Crippen molar-refractivity contribution < 1.29 is 19.5 Å². The van der Waals surface area contributed by atoms with Gasteiger partial charge >= 0.3 is 5.69 Å². The molecule has 86 valence electrons. The van der Waals surface area contributed by atoms with Crippen LogP contribution in [0.4, 0.5) is 5.69 Å². The molecule has 6 nitrogen and oxygen atoms in total. The van der Waals surface area contributed by atoms with Crippen LogP contribution in [0.15, 0.2) is 30.5 Å². The number of benzene rings is 1. The van der Waals surface area contributed by atoms with Gasteiger partial charge in [0.2, 0.25) is 5.75 Å². The van der Waals surface area contributed by atoms with E-state index in [2.05, 4.69) is 6.58 Å². The Labute approximate surface area is 91.9 Å². The summed E-state index contributed by atoms with van der Waals surface area (Å²) in [6.45, 7) is 3.49. The Morgan fingerprint density at radius 2 is 2.31 bits per heavy atom. The van der Waals surface area contributed by atoms with Crippen molar-refractivity contribution >= 4 is 5.69 Å². The molecule has 0 fully saturated rings. The van der Waals surface area contributed by atoms with Gasteiger partial charge in [-0.25, -0.2) is 0 Å². The van der Waals surface area contributed by atoms with Crippen LogP contribution in [0.3, 0.4) is 0 Å². The minimum atomic E-state index is -0.593. The summed E-state index contributed by atoms with van der Waals surface area (Å²) in [5.41, 5.74) is -0.221. The number of ether oxygens (including phenoxy) is 2. The van der Waals surface area contributed by atoms with Gasteiger partial charge in [-0.3, -0.25) is 10.1 Å². The highest BCUT2D eigenvalue weighted by Crippen LogP contribution is 2.30. The lowest BCUT2D eigenvalue weighted by Gasteiger charge is -2.08. The molecule has 0 atom stereocenters. The van der Waals surface area contributed by atoms with Gasteiger partial charge in [0.05, 0.1) is 12.0 Å². The van der Waals surface area contributed by atoms with Crippen molar-refractivity contribution in [1.29, 1.82) is 0 Å². The van der Waals surface area contributed by atoms with E-state index in [1.54, 1.807) is 0 Å². The summed E-state index contributed by atoms with van der Waals surface area (Å²) in [6.07, 6.45) is 0. The molecule has 1 aromatic carbocycles. The lowest BCUT2D eigenvalue weighted by molar-refractivity contribution is -0.385. The van der Waals surface area contributed by atoms with Crippen molar-refractivity contribution in [3.05, 3.63) is 40.7 Å². The average molecular weight is 225 g/mol. The van der Waals surface area contributed by atoms with Gasteiger partial charge in [0.15, 0.2) is 0 Å². The summed E-state index contributed by atoms with van der Waals surface area (Å²) in [5.74, 6) is 0.199. The third kappa shape index (κ3) is 2.88. The van der Waals surface area contributed by atoms with Gasteiger partial charge < -0.3 is 14.6 Å². The van der Waals surface area contributed by atoms with Crippen LogP contribution in [0.25, 0.3) is 0 Å². The molecule has 0 spiro atoms. The van der Waals surface area contributed by atoms with Gasteiger partial charge in [-0.15, -0.1) is 0 Å². The van der Waals surface area contributed by atoms with Crippen molar-refractivity contribution in [1.82, 2.24) is 0 Å². The summed E-state index contributed by atoms with van der Waals surface area (Å²) >= 11 is 0. The molecular formula is C10H11NO5. The second kappa shape index (κ2) is 5.01. The molecule has 0 aliphatic rings. The van der Waals surface area contributed by atoms with E-state index in [1.165, 1.54) is 25.3 Å². The number of nitrogens with zero attached hydrogens (tertiary/aromatic N) is 1. The number of hydrogen-bond donors (Lipinski definition) is 1. The van der Waals surface area contributed by atoms with Crippen LogP contribution in [0.2, 0.25) is 0 Å². The van der Waals surface area contributed by atoms with Crippen LogP contribution in [-0.4, -0.2) is 23.7 Å². The smallest absolute Gasteiger partial charge is 0.311 e. The van der Waals surface area contributed by atoms with Gasteiger partial charge in [-0.05, 0) is 6.07 Å². The summed E-state index contributed by atoms with van der Waals surface area (Å²) in [4.78, 5) is 10.0. The van der Waals surface area contributed by atoms with Crippen molar-refractivity contribution in [3.8, 4) is 11.5 Å². The molecule has 0 saturated heterocycles. The summed E-state index contributed by atoms with van der Waals surface area (Å²) in [5, 5.41) is 19.8. The minimum absolute atomic E-state index is 0.0131. The van der Waals surface area contributed by atoms with E-state index in [0.717, 1.165) is 0 Å². The number of rotatable bonds is 5. The highest BCUT2D eigenvalue weighted by molar-refractivity contribution is 5.50. The zero-order valence-corrected chi connectivity index (χ0v) is 8.67. The average Bonchev–Trinajstić information content (AvgIpc) is 2.25. The maximum Gasteiger partial charge on any atom is 0.311 e. The first-order valence-corrected chi connectivity index (χ1v) is 4.36. The van der Waals surface area contributed by atoms with E-state index in [-0.39, 0.29) is 23.8 Å². The van der Waals surface area contributed by atoms with Gasteiger partial charge in [-0.2, -0.15) is 0 Å². The van der Waals surface area contributed by atoms with E-state index in [1.807, 2.05) is 0 Å². The highest BCUT2D eigenvalue weighted by atomic mass is 16.6. The fourth-order valence-corrected chi connectivity index (χ4v) is 0.986. The SMILES string of the molecule is C=C(COc1cc(O)ccc1[N+](=O)[O-])OC. The van der Waals surface area contributed by atoms with Crippen molar-refractivity contribution in [2.45, 2.75) is 0 Å². The van der Waals surface area contributed by atoms with Crippen LogP contribution in [0.5, 0.6) is 11.5 Å². The first-order chi connectivity index (χ1) is 7.54. The molecule has 0 saturated carbocycles. The first-order valence-electron chi connectivity index (χ1n) is 4.36. The van der Waals surface area contributed by atoms with Crippen LogP contribution in [0, 0.1) is 10.1 Å². The summed E-state index contributed by atoms with van der Waals surface area (Å²) in [7, 11) is 1.42. The Bertz CT molecular complexity index is 416. The predicted octanol–water partition coefficient (Wildman–Crippen LogP) is 1.84. The van der Waals surface area contributed by atoms with Crippen molar-refractivity contribution in [2.24, 2.45) is 0 Å². The van der Waals surface area contributed by atoms with Crippen molar-refractivity contribution in [2.75, 3.05) is 13.7 Å².